The van der Waals surface area contributed by atoms with Crippen molar-refractivity contribution in [1.29, 1.82) is 0 Å². The van der Waals surface area contributed by atoms with E-state index in [0.29, 0.717) is 11.8 Å². The van der Waals surface area contributed by atoms with Gasteiger partial charge >= 0.3 is 0 Å². The van der Waals surface area contributed by atoms with E-state index in [4.69, 9.17) is 11.8 Å². The molecule has 0 bridgehead atoms. The van der Waals surface area contributed by atoms with Crippen LogP contribution in [0.4, 0.5) is 14.5 Å². The van der Waals surface area contributed by atoms with Gasteiger partial charge in [0.2, 0.25) is 0 Å². The highest BCUT2D eigenvalue weighted by Gasteiger charge is 2.27. The van der Waals surface area contributed by atoms with E-state index < -0.39 is 11.6 Å². The van der Waals surface area contributed by atoms with E-state index in [9.17, 15) is 8.78 Å². The summed E-state index contributed by atoms with van der Waals surface area (Å²) >= 11 is 0. The van der Waals surface area contributed by atoms with Gasteiger partial charge < -0.3 is 15.0 Å². The smallest absolute Gasteiger partial charge is 0.168 e. The van der Waals surface area contributed by atoms with Crippen molar-refractivity contribution in [3.63, 3.8) is 0 Å². The zero-order valence-corrected chi connectivity index (χ0v) is 18.0. The number of anilines is 1. The number of ether oxygens (including phenoxy) is 1. The maximum absolute atomic E-state index is 14.5. The number of halogens is 2. The maximum atomic E-state index is 14.5. The summed E-state index contributed by atoms with van der Waals surface area (Å²) in [7, 11) is 6.32. The van der Waals surface area contributed by atoms with Crippen molar-refractivity contribution < 1.29 is 13.5 Å². The van der Waals surface area contributed by atoms with Gasteiger partial charge in [-0.05, 0) is 70.0 Å². The Hall–Kier alpha value is -2.93. The Bertz CT molecular complexity index is 1120. The van der Waals surface area contributed by atoms with Gasteiger partial charge in [0.05, 0.1) is 19.3 Å². The van der Waals surface area contributed by atoms with Crippen LogP contribution in [0.25, 0.3) is 11.1 Å². The summed E-state index contributed by atoms with van der Waals surface area (Å²) in [6.07, 6.45) is 7.49. The number of piperidine rings is 1. The normalized spacial score (nSPS) is 19.1. The van der Waals surface area contributed by atoms with E-state index in [1.165, 1.54) is 12.1 Å². The average molecular weight is 437 g/mol. The van der Waals surface area contributed by atoms with E-state index in [1.807, 2.05) is 29.2 Å². The SMILES string of the molecule is [CH]N1c2ccc(-c3cnn(C4CCNCC4)c3)c(Oc3ccc(F)cc3F)c2CCC1C. The second kappa shape index (κ2) is 8.54. The van der Waals surface area contributed by atoms with Crippen LogP contribution in [0.15, 0.2) is 42.7 Å². The Morgan fingerprint density at radius 2 is 1.94 bits per heavy atom. The third kappa shape index (κ3) is 3.86. The Kier molecular flexibility index (Phi) is 5.59. The number of nitrogens with zero attached hydrogens (tertiary/aromatic N) is 3. The summed E-state index contributed by atoms with van der Waals surface area (Å²) in [5.41, 5.74) is 3.49. The molecule has 5 rings (SSSR count). The Morgan fingerprint density at radius 3 is 2.72 bits per heavy atom. The minimum atomic E-state index is -0.743. The van der Waals surface area contributed by atoms with Crippen LogP contribution in [0, 0.1) is 18.7 Å². The number of hydrogen-bond donors (Lipinski definition) is 1. The lowest BCUT2D eigenvalue weighted by molar-refractivity contribution is 0.343. The lowest BCUT2D eigenvalue weighted by Crippen LogP contribution is -2.32. The van der Waals surface area contributed by atoms with Gasteiger partial charge in [0, 0.05) is 40.7 Å². The molecule has 2 aliphatic rings. The number of aromatic nitrogens is 2. The second-order valence-electron chi connectivity index (χ2n) is 8.60. The van der Waals surface area contributed by atoms with E-state index in [1.54, 1.807) is 4.90 Å². The number of rotatable bonds is 4. The molecule has 0 aliphatic carbocycles. The van der Waals surface area contributed by atoms with Gasteiger partial charge in [0.25, 0.3) is 0 Å². The third-order valence-corrected chi connectivity index (χ3v) is 6.50. The molecular weight excluding hydrogens is 410 g/mol. The predicted molar refractivity (Wildman–Crippen MR) is 120 cm³/mol. The second-order valence-corrected chi connectivity index (χ2v) is 8.60. The molecular formula is C25H26F2N4O. The van der Waals surface area contributed by atoms with Crippen LogP contribution >= 0.6 is 0 Å². The Balaban J connectivity index is 1.58. The number of fused-ring (bicyclic) bond motifs is 1. The van der Waals surface area contributed by atoms with Crippen molar-refractivity contribution in [2.24, 2.45) is 0 Å². The molecule has 1 saturated heterocycles. The van der Waals surface area contributed by atoms with Crippen LogP contribution in [0.1, 0.15) is 37.8 Å². The van der Waals surface area contributed by atoms with Crippen molar-refractivity contribution in [2.45, 2.75) is 44.7 Å². The van der Waals surface area contributed by atoms with Crippen LogP contribution in [0.3, 0.4) is 0 Å². The fraction of sp³-hybridized carbons (Fsp3) is 0.360. The fourth-order valence-electron chi connectivity index (χ4n) is 4.59. The Labute approximate surface area is 187 Å². The zero-order valence-electron chi connectivity index (χ0n) is 18.0. The summed E-state index contributed by atoms with van der Waals surface area (Å²) in [4.78, 5) is 1.73. The molecule has 166 valence electrons. The highest BCUT2D eigenvalue weighted by atomic mass is 19.1. The van der Waals surface area contributed by atoms with Crippen molar-refractivity contribution in [1.82, 2.24) is 15.1 Å². The van der Waals surface area contributed by atoms with Gasteiger partial charge in [-0.3, -0.25) is 4.68 Å². The minimum Gasteiger partial charge on any atom is -0.453 e. The lowest BCUT2D eigenvalue weighted by Gasteiger charge is -2.34. The molecule has 1 aromatic heterocycles. The van der Waals surface area contributed by atoms with Crippen LogP contribution in [0.2, 0.25) is 0 Å². The Morgan fingerprint density at radius 1 is 1.12 bits per heavy atom. The molecule has 1 fully saturated rings. The largest absolute Gasteiger partial charge is 0.453 e. The monoisotopic (exact) mass is 436 g/mol. The van der Waals surface area contributed by atoms with Crippen molar-refractivity contribution in [2.75, 3.05) is 18.0 Å². The highest BCUT2D eigenvalue weighted by Crippen LogP contribution is 2.45. The molecule has 1 N–H and O–H groups in total. The van der Waals surface area contributed by atoms with Gasteiger partial charge in [-0.15, -0.1) is 0 Å². The summed E-state index contributed by atoms with van der Waals surface area (Å²) in [5, 5.41) is 7.98. The fourth-order valence-corrected chi connectivity index (χ4v) is 4.59. The molecule has 7 heteroatoms. The summed E-state index contributed by atoms with van der Waals surface area (Å²) in [5.74, 6) is -0.864. The zero-order chi connectivity index (χ0) is 22.2. The highest BCUT2D eigenvalue weighted by molar-refractivity contribution is 5.78. The van der Waals surface area contributed by atoms with Crippen LogP contribution in [-0.2, 0) is 6.42 Å². The number of benzene rings is 2. The molecule has 2 radical (unpaired) electrons. The third-order valence-electron chi connectivity index (χ3n) is 6.50. The van der Waals surface area contributed by atoms with E-state index in [0.717, 1.165) is 67.2 Å². The number of hydrogen-bond acceptors (Lipinski definition) is 4. The van der Waals surface area contributed by atoms with Gasteiger partial charge in [-0.1, -0.05) is 0 Å². The molecule has 1 atom stereocenters. The first-order valence-corrected chi connectivity index (χ1v) is 11.1. The quantitative estimate of drug-likeness (QED) is 0.598. The average Bonchev–Trinajstić information content (AvgIpc) is 3.29. The topological polar surface area (TPSA) is 42.3 Å². The first-order chi connectivity index (χ1) is 15.5. The summed E-state index contributed by atoms with van der Waals surface area (Å²) in [6.45, 7) is 4.02. The first kappa shape index (κ1) is 20.9. The van der Waals surface area contributed by atoms with Crippen LogP contribution in [-0.4, -0.2) is 28.9 Å². The lowest BCUT2D eigenvalue weighted by atomic mass is 9.92. The number of nitrogens with one attached hydrogen (secondary N) is 1. The standard InChI is InChI=1S/C25H26F2N4O/c1-16-3-5-21-23(30(16)2)7-6-20(25(21)32-24-8-4-18(26)13-22(24)27)17-14-29-31(15-17)19-9-11-28-12-10-19/h2,4,6-8,13-16,19,28H,3,5,9-12H2,1H3. The van der Waals surface area contributed by atoms with E-state index >= 15 is 0 Å². The van der Waals surface area contributed by atoms with Crippen molar-refractivity contribution in [3.8, 4) is 22.6 Å². The molecule has 3 aromatic rings. The predicted octanol–water partition coefficient (Wildman–Crippen LogP) is 5.35. The van der Waals surface area contributed by atoms with Crippen LogP contribution in [0.5, 0.6) is 11.5 Å². The molecule has 0 saturated carbocycles. The molecule has 2 aliphatic heterocycles. The molecule has 5 nitrogen and oxygen atoms in total. The molecule has 0 amide bonds. The van der Waals surface area contributed by atoms with Crippen LogP contribution < -0.4 is 15.0 Å². The molecule has 2 aromatic carbocycles. The summed E-state index contributed by atoms with van der Waals surface area (Å²) < 4.78 is 36.0. The van der Waals surface area contributed by atoms with Gasteiger partial charge in [-0.2, -0.15) is 5.10 Å². The molecule has 1 unspecified atom stereocenters. The summed E-state index contributed by atoms with van der Waals surface area (Å²) in [6, 6.07) is 7.80. The maximum Gasteiger partial charge on any atom is 0.168 e. The molecule has 32 heavy (non-hydrogen) atoms. The van der Waals surface area contributed by atoms with Gasteiger partial charge in [-0.25, -0.2) is 8.78 Å². The van der Waals surface area contributed by atoms with E-state index in [-0.39, 0.29) is 11.8 Å². The van der Waals surface area contributed by atoms with E-state index in [2.05, 4.69) is 17.3 Å². The minimum absolute atomic E-state index is 0.0195. The molecule has 0 spiro atoms. The van der Waals surface area contributed by atoms with Gasteiger partial charge in [0.1, 0.15) is 11.6 Å². The van der Waals surface area contributed by atoms with Crippen molar-refractivity contribution in [3.05, 3.63) is 67.0 Å². The van der Waals surface area contributed by atoms with Gasteiger partial charge in [0.15, 0.2) is 11.6 Å². The first-order valence-electron chi connectivity index (χ1n) is 11.1. The molecule has 3 heterocycles. The van der Waals surface area contributed by atoms with Crippen molar-refractivity contribution >= 4 is 5.69 Å².